The minimum atomic E-state index is -1.22. The van der Waals surface area contributed by atoms with Crippen molar-refractivity contribution in [2.45, 2.75) is 30.4 Å². The lowest BCUT2D eigenvalue weighted by Crippen LogP contribution is -2.44. The summed E-state index contributed by atoms with van der Waals surface area (Å²) in [4.78, 5) is 8.56. The van der Waals surface area contributed by atoms with Crippen molar-refractivity contribution in [1.82, 2.24) is 15.3 Å². The third-order valence-corrected chi connectivity index (χ3v) is 5.31. The second-order valence-corrected chi connectivity index (χ2v) is 6.84. The lowest BCUT2D eigenvalue weighted by atomic mass is 9.70. The Morgan fingerprint density at radius 3 is 2.08 bits per heavy atom. The normalized spacial score (nSPS) is 18.6. The van der Waals surface area contributed by atoms with Gasteiger partial charge in [-0.15, -0.1) is 0 Å². The first-order valence-corrected chi connectivity index (χ1v) is 9.12. The highest BCUT2D eigenvalue weighted by molar-refractivity contribution is 5.41. The molecule has 2 N–H and O–H groups in total. The summed E-state index contributed by atoms with van der Waals surface area (Å²) in [6.45, 7) is 0.976. The first-order valence-electron chi connectivity index (χ1n) is 9.12. The van der Waals surface area contributed by atoms with Crippen molar-refractivity contribution < 1.29 is 5.11 Å². The van der Waals surface area contributed by atoms with Gasteiger partial charge >= 0.3 is 0 Å². The van der Waals surface area contributed by atoms with Gasteiger partial charge in [-0.2, -0.15) is 0 Å². The second-order valence-electron chi connectivity index (χ2n) is 6.84. The summed E-state index contributed by atoms with van der Waals surface area (Å²) in [7, 11) is 0. The van der Waals surface area contributed by atoms with Crippen molar-refractivity contribution >= 4 is 0 Å². The Morgan fingerprint density at radius 2 is 1.58 bits per heavy atom. The molecule has 1 aliphatic heterocycles. The van der Waals surface area contributed by atoms with Crippen LogP contribution in [-0.2, 0) is 5.60 Å². The molecule has 1 fully saturated rings. The number of hydrogen-bond acceptors (Lipinski definition) is 4. The highest BCUT2D eigenvalue weighted by atomic mass is 16.3. The van der Waals surface area contributed by atoms with Crippen LogP contribution in [0.1, 0.15) is 35.4 Å². The van der Waals surface area contributed by atoms with E-state index < -0.39 is 5.60 Å². The zero-order valence-electron chi connectivity index (χ0n) is 14.6. The topological polar surface area (TPSA) is 58.0 Å². The number of aromatic nitrogens is 2. The summed E-state index contributed by atoms with van der Waals surface area (Å²) in [6.07, 6.45) is 9.14. The number of rotatable bonds is 5. The maximum absolute atomic E-state index is 12.2. The van der Waals surface area contributed by atoms with E-state index in [4.69, 9.17) is 0 Å². The van der Waals surface area contributed by atoms with Gasteiger partial charge in [-0.05, 0) is 37.1 Å². The van der Waals surface area contributed by atoms with E-state index in [2.05, 4.69) is 27.4 Å². The first-order chi connectivity index (χ1) is 12.8. The number of nitrogens with one attached hydrogen (secondary N) is 1. The van der Waals surface area contributed by atoms with E-state index in [0.717, 1.165) is 36.1 Å². The molecule has 26 heavy (non-hydrogen) atoms. The van der Waals surface area contributed by atoms with Crippen LogP contribution in [0, 0.1) is 0 Å². The highest BCUT2D eigenvalue weighted by Crippen LogP contribution is 2.45. The molecule has 3 aromatic rings. The summed E-state index contributed by atoms with van der Waals surface area (Å²) < 4.78 is 0. The van der Waals surface area contributed by atoms with Crippen molar-refractivity contribution in [3.8, 4) is 0 Å². The van der Waals surface area contributed by atoms with Crippen molar-refractivity contribution in [3.63, 3.8) is 0 Å². The van der Waals surface area contributed by atoms with E-state index in [9.17, 15) is 5.11 Å². The molecule has 0 spiro atoms. The quantitative estimate of drug-likeness (QED) is 0.745. The third-order valence-electron chi connectivity index (χ3n) is 5.31. The molecular formula is C22H23N3O. The number of aliphatic hydroxyl groups is 1. The van der Waals surface area contributed by atoms with Crippen molar-refractivity contribution in [2.75, 3.05) is 6.54 Å². The van der Waals surface area contributed by atoms with Gasteiger partial charge in [0.2, 0.25) is 0 Å². The van der Waals surface area contributed by atoms with E-state index in [0.29, 0.717) is 0 Å². The van der Waals surface area contributed by atoms with Crippen LogP contribution in [0.15, 0.2) is 79.4 Å². The van der Waals surface area contributed by atoms with E-state index in [-0.39, 0.29) is 12.0 Å². The van der Waals surface area contributed by atoms with Crippen LogP contribution >= 0.6 is 0 Å². The maximum atomic E-state index is 12.2. The molecule has 2 unspecified atom stereocenters. The number of nitrogens with zero attached hydrogens (tertiary/aromatic N) is 2. The fraction of sp³-hybridized carbons (Fsp3) is 0.273. The van der Waals surface area contributed by atoms with E-state index >= 15 is 0 Å². The minimum Gasteiger partial charge on any atom is -0.380 e. The van der Waals surface area contributed by atoms with Gasteiger partial charge < -0.3 is 10.4 Å². The highest BCUT2D eigenvalue weighted by Gasteiger charge is 2.46. The maximum Gasteiger partial charge on any atom is 0.126 e. The second kappa shape index (κ2) is 7.36. The predicted octanol–water partition coefficient (Wildman–Crippen LogP) is 3.25. The largest absolute Gasteiger partial charge is 0.380 e. The zero-order chi connectivity index (χ0) is 17.8. The number of benzene rings is 1. The molecule has 4 nitrogen and oxygen atoms in total. The Hall–Kier alpha value is -2.56. The third kappa shape index (κ3) is 3.02. The fourth-order valence-corrected chi connectivity index (χ4v) is 4.12. The SMILES string of the molecule is OC(c1cccnc1)(c1cccnc1)C(c1ccccc1)C1CCCN1. The lowest BCUT2D eigenvalue weighted by molar-refractivity contribution is 0.0362. The average molecular weight is 345 g/mol. The Balaban J connectivity index is 1.93. The van der Waals surface area contributed by atoms with Crippen LogP contribution in [0.25, 0.3) is 0 Å². The molecular weight excluding hydrogens is 322 g/mol. The van der Waals surface area contributed by atoms with Crippen molar-refractivity contribution in [1.29, 1.82) is 0 Å². The summed E-state index contributed by atoms with van der Waals surface area (Å²) in [5.41, 5.74) is 1.47. The van der Waals surface area contributed by atoms with Gasteiger partial charge in [0.1, 0.15) is 5.60 Å². The van der Waals surface area contributed by atoms with E-state index in [1.54, 1.807) is 24.8 Å². The molecule has 2 atom stereocenters. The van der Waals surface area contributed by atoms with Gasteiger partial charge in [-0.1, -0.05) is 42.5 Å². The lowest BCUT2D eigenvalue weighted by Gasteiger charge is -2.40. The van der Waals surface area contributed by atoms with Crippen LogP contribution in [0.5, 0.6) is 0 Å². The Kier molecular flexibility index (Phi) is 4.78. The zero-order valence-corrected chi connectivity index (χ0v) is 14.6. The summed E-state index contributed by atoms with van der Waals surface area (Å²) in [5.74, 6) is -0.139. The smallest absolute Gasteiger partial charge is 0.126 e. The van der Waals surface area contributed by atoms with Crippen LogP contribution in [0.2, 0.25) is 0 Å². The van der Waals surface area contributed by atoms with E-state index in [1.807, 2.05) is 42.5 Å². The van der Waals surface area contributed by atoms with Gasteiger partial charge in [0.25, 0.3) is 0 Å². The Morgan fingerprint density at radius 1 is 0.923 bits per heavy atom. The molecule has 0 radical (unpaired) electrons. The van der Waals surface area contributed by atoms with Gasteiger partial charge in [-0.3, -0.25) is 9.97 Å². The summed E-state index contributed by atoms with van der Waals surface area (Å²) in [6, 6.07) is 18.1. The molecule has 3 heterocycles. The molecule has 2 aromatic heterocycles. The monoisotopic (exact) mass is 345 g/mol. The standard InChI is InChI=1S/C22H23N3O/c26-22(18-9-4-12-23-15-18,19-10-5-13-24-16-19)21(20-11-6-14-25-20)17-7-2-1-3-8-17/h1-5,7-10,12-13,15-16,20-21,25-26H,6,11,14H2. The van der Waals surface area contributed by atoms with Crippen LogP contribution in [-0.4, -0.2) is 27.7 Å². The summed E-state index contributed by atoms with van der Waals surface area (Å²) >= 11 is 0. The molecule has 0 saturated carbocycles. The molecule has 132 valence electrons. The number of hydrogen-bond donors (Lipinski definition) is 2. The van der Waals surface area contributed by atoms with Crippen LogP contribution in [0.4, 0.5) is 0 Å². The van der Waals surface area contributed by atoms with Gasteiger partial charge in [-0.25, -0.2) is 0 Å². The molecule has 0 aliphatic carbocycles. The first kappa shape index (κ1) is 16.9. The van der Waals surface area contributed by atoms with Crippen molar-refractivity contribution in [2.24, 2.45) is 0 Å². The predicted molar refractivity (Wildman–Crippen MR) is 102 cm³/mol. The van der Waals surface area contributed by atoms with Crippen molar-refractivity contribution in [3.05, 3.63) is 96.1 Å². The Labute approximate surface area is 154 Å². The molecule has 4 rings (SSSR count). The minimum absolute atomic E-state index is 0.139. The molecule has 1 aromatic carbocycles. The van der Waals surface area contributed by atoms with Gasteiger partial charge in [0.05, 0.1) is 0 Å². The van der Waals surface area contributed by atoms with Gasteiger partial charge in [0, 0.05) is 47.9 Å². The molecule has 1 aliphatic rings. The molecule has 1 saturated heterocycles. The van der Waals surface area contributed by atoms with Crippen LogP contribution < -0.4 is 5.32 Å². The fourth-order valence-electron chi connectivity index (χ4n) is 4.12. The summed E-state index contributed by atoms with van der Waals surface area (Å²) in [5, 5.41) is 15.8. The average Bonchev–Trinajstić information content (AvgIpc) is 3.24. The van der Waals surface area contributed by atoms with E-state index in [1.165, 1.54) is 0 Å². The Bertz CT molecular complexity index is 778. The van der Waals surface area contributed by atoms with Gasteiger partial charge in [0.15, 0.2) is 0 Å². The number of pyridine rings is 2. The molecule has 0 bridgehead atoms. The molecule has 4 heteroatoms. The molecule has 0 amide bonds. The van der Waals surface area contributed by atoms with Crippen LogP contribution in [0.3, 0.4) is 0 Å².